The molecule has 1 aromatic heterocycles. The van der Waals surface area contributed by atoms with Crippen molar-refractivity contribution in [2.45, 2.75) is 39.5 Å². The Morgan fingerprint density at radius 1 is 1.36 bits per heavy atom. The minimum atomic E-state index is -1.06. The maximum atomic E-state index is 11.5. The number of aromatic nitrogens is 3. The monoisotopic (exact) mass is 303 g/mol. The molecule has 0 bridgehead atoms. The van der Waals surface area contributed by atoms with Crippen molar-refractivity contribution >= 4 is 5.97 Å². The summed E-state index contributed by atoms with van der Waals surface area (Å²) in [5.41, 5.74) is 2.39. The number of hydrogen-bond acceptors (Lipinski definition) is 4. The van der Waals surface area contributed by atoms with Crippen LogP contribution in [-0.4, -0.2) is 33.2 Å². The average Bonchev–Trinajstić information content (AvgIpc) is 2.93. The second-order valence-electron chi connectivity index (χ2n) is 5.23. The Labute approximate surface area is 129 Å². The summed E-state index contributed by atoms with van der Waals surface area (Å²) >= 11 is 0. The van der Waals surface area contributed by atoms with Gasteiger partial charge in [0.2, 0.25) is 0 Å². The summed E-state index contributed by atoms with van der Waals surface area (Å²) in [4.78, 5) is 11.5. The van der Waals surface area contributed by atoms with Gasteiger partial charge in [-0.3, -0.25) is 0 Å². The molecule has 0 spiro atoms. The lowest BCUT2D eigenvalue weighted by Gasteiger charge is -2.17. The van der Waals surface area contributed by atoms with Gasteiger partial charge < -0.3 is 9.84 Å². The predicted molar refractivity (Wildman–Crippen MR) is 82.9 cm³/mol. The van der Waals surface area contributed by atoms with E-state index in [0.29, 0.717) is 17.1 Å². The molecule has 0 fully saturated rings. The van der Waals surface area contributed by atoms with Gasteiger partial charge in [0, 0.05) is 5.92 Å². The molecule has 6 heteroatoms. The summed E-state index contributed by atoms with van der Waals surface area (Å²) in [6.07, 6.45) is 1.64. The number of aromatic carboxylic acids is 1. The van der Waals surface area contributed by atoms with E-state index in [2.05, 4.69) is 10.3 Å². The average molecular weight is 303 g/mol. The molecule has 0 radical (unpaired) electrons. The summed E-state index contributed by atoms with van der Waals surface area (Å²) in [5.74, 6) is -0.342. The van der Waals surface area contributed by atoms with Crippen molar-refractivity contribution in [2.75, 3.05) is 7.11 Å². The van der Waals surface area contributed by atoms with Crippen LogP contribution >= 0.6 is 0 Å². The summed E-state index contributed by atoms with van der Waals surface area (Å²) in [6.45, 7) is 6.03. The van der Waals surface area contributed by atoms with Gasteiger partial charge in [-0.1, -0.05) is 25.1 Å². The molecule has 1 heterocycles. The number of benzene rings is 1. The first-order valence-corrected chi connectivity index (χ1v) is 7.37. The zero-order chi connectivity index (χ0) is 16.3. The normalized spacial score (nSPS) is 11.0. The van der Waals surface area contributed by atoms with Gasteiger partial charge in [-0.2, -0.15) is 0 Å². The van der Waals surface area contributed by atoms with Crippen LogP contribution < -0.4 is 4.74 Å². The van der Waals surface area contributed by atoms with Gasteiger partial charge in [-0.05, 0) is 37.5 Å². The molecule has 0 atom stereocenters. The van der Waals surface area contributed by atoms with Crippen molar-refractivity contribution in [3.63, 3.8) is 0 Å². The van der Waals surface area contributed by atoms with E-state index < -0.39 is 5.97 Å². The van der Waals surface area contributed by atoms with Gasteiger partial charge in [0.15, 0.2) is 5.69 Å². The van der Waals surface area contributed by atoms with Crippen LogP contribution in [0, 0.1) is 6.92 Å². The molecule has 0 aliphatic heterocycles. The first-order valence-electron chi connectivity index (χ1n) is 7.37. The van der Waals surface area contributed by atoms with Crippen LogP contribution in [0.3, 0.4) is 0 Å². The molecule has 6 nitrogen and oxygen atoms in total. The molecule has 2 rings (SSSR count). The van der Waals surface area contributed by atoms with E-state index in [-0.39, 0.29) is 11.6 Å². The molecule has 0 aliphatic rings. The van der Waals surface area contributed by atoms with Crippen molar-refractivity contribution in [3.05, 3.63) is 35.2 Å². The highest BCUT2D eigenvalue weighted by molar-refractivity contribution is 5.87. The van der Waals surface area contributed by atoms with Gasteiger partial charge in [-0.15, -0.1) is 5.10 Å². The lowest BCUT2D eigenvalue weighted by Crippen LogP contribution is -2.12. The van der Waals surface area contributed by atoms with Crippen LogP contribution in [0.15, 0.2) is 18.2 Å². The maximum absolute atomic E-state index is 11.5. The number of aryl methyl sites for hydroxylation is 1. The Morgan fingerprint density at radius 3 is 2.59 bits per heavy atom. The van der Waals surface area contributed by atoms with E-state index in [0.717, 1.165) is 18.4 Å². The highest BCUT2D eigenvalue weighted by Gasteiger charge is 2.26. The van der Waals surface area contributed by atoms with Crippen LogP contribution in [0.1, 0.15) is 54.4 Å². The lowest BCUT2D eigenvalue weighted by molar-refractivity contribution is 0.0688. The highest BCUT2D eigenvalue weighted by Crippen LogP contribution is 2.31. The number of carboxylic acid groups (broad SMARTS) is 1. The van der Waals surface area contributed by atoms with Crippen LogP contribution in [0.4, 0.5) is 0 Å². The second kappa shape index (κ2) is 6.60. The van der Waals surface area contributed by atoms with E-state index in [1.807, 2.05) is 39.0 Å². The molecule has 0 unspecified atom stereocenters. The standard InChI is InChI=1S/C16H21N3O3/c1-5-11(6-2)15-14(16(20)21)17-18-19(15)12-9-10(3)7-8-13(12)22-4/h7-9,11H,5-6H2,1-4H3,(H,20,21). The van der Waals surface area contributed by atoms with Crippen molar-refractivity contribution in [2.24, 2.45) is 0 Å². The zero-order valence-electron chi connectivity index (χ0n) is 13.3. The van der Waals surface area contributed by atoms with Gasteiger partial charge in [-0.25, -0.2) is 9.48 Å². The minimum absolute atomic E-state index is 0.0114. The van der Waals surface area contributed by atoms with Crippen molar-refractivity contribution in [1.29, 1.82) is 0 Å². The molecule has 22 heavy (non-hydrogen) atoms. The maximum Gasteiger partial charge on any atom is 0.358 e. The number of rotatable bonds is 6. The van der Waals surface area contributed by atoms with E-state index in [1.165, 1.54) is 0 Å². The van der Waals surface area contributed by atoms with Gasteiger partial charge in [0.05, 0.1) is 12.8 Å². The first-order chi connectivity index (χ1) is 10.5. The fourth-order valence-corrected chi connectivity index (χ4v) is 2.63. The number of carbonyl (C=O) groups is 1. The van der Waals surface area contributed by atoms with Gasteiger partial charge >= 0.3 is 5.97 Å². The number of ether oxygens (including phenoxy) is 1. The summed E-state index contributed by atoms with van der Waals surface area (Å²) in [6, 6.07) is 5.71. The highest BCUT2D eigenvalue weighted by atomic mass is 16.5. The number of hydrogen-bond donors (Lipinski definition) is 1. The number of nitrogens with zero attached hydrogens (tertiary/aromatic N) is 3. The molecule has 0 amide bonds. The fourth-order valence-electron chi connectivity index (χ4n) is 2.63. The van der Waals surface area contributed by atoms with Crippen LogP contribution in [0.2, 0.25) is 0 Å². The summed E-state index contributed by atoms with van der Waals surface area (Å²) < 4.78 is 6.99. The van der Waals surface area contributed by atoms with Gasteiger partial charge in [0.1, 0.15) is 11.4 Å². The van der Waals surface area contributed by atoms with E-state index in [9.17, 15) is 9.90 Å². The van der Waals surface area contributed by atoms with Gasteiger partial charge in [0.25, 0.3) is 0 Å². The Hall–Kier alpha value is -2.37. The topological polar surface area (TPSA) is 77.2 Å². The molecular formula is C16H21N3O3. The van der Waals surface area contributed by atoms with E-state index in [1.54, 1.807) is 11.8 Å². The SMILES string of the molecule is CCC(CC)c1c(C(=O)O)nnn1-c1cc(C)ccc1OC. The largest absolute Gasteiger partial charge is 0.494 e. The van der Waals surface area contributed by atoms with E-state index in [4.69, 9.17) is 4.74 Å². The number of methoxy groups -OCH3 is 1. The molecular weight excluding hydrogens is 282 g/mol. The van der Waals surface area contributed by atoms with E-state index >= 15 is 0 Å². The zero-order valence-corrected chi connectivity index (χ0v) is 13.3. The Balaban J connectivity index is 2.71. The predicted octanol–water partition coefficient (Wildman–Crippen LogP) is 3.19. The second-order valence-corrected chi connectivity index (χ2v) is 5.23. The molecule has 1 aromatic carbocycles. The molecule has 0 saturated heterocycles. The quantitative estimate of drug-likeness (QED) is 0.886. The Bertz CT molecular complexity index is 675. The molecule has 0 saturated carbocycles. The van der Waals surface area contributed by atoms with Crippen molar-refractivity contribution in [3.8, 4) is 11.4 Å². The lowest BCUT2D eigenvalue weighted by atomic mass is 9.97. The minimum Gasteiger partial charge on any atom is -0.494 e. The molecule has 0 aliphatic carbocycles. The Morgan fingerprint density at radius 2 is 2.05 bits per heavy atom. The smallest absolute Gasteiger partial charge is 0.358 e. The van der Waals surface area contributed by atoms with Crippen LogP contribution in [-0.2, 0) is 0 Å². The molecule has 118 valence electrons. The fraction of sp³-hybridized carbons (Fsp3) is 0.438. The summed E-state index contributed by atoms with van der Waals surface area (Å²) in [7, 11) is 1.58. The summed E-state index contributed by atoms with van der Waals surface area (Å²) in [5, 5.41) is 17.4. The third-order valence-corrected chi connectivity index (χ3v) is 3.84. The third kappa shape index (κ3) is 2.81. The molecule has 2 aromatic rings. The third-order valence-electron chi connectivity index (χ3n) is 3.84. The van der Waals surface area contributed by atoms with Crippen LogP contribution in [0.5, 0.6) is 5.75 Å². The number of carboxylic acids is 1. The Kier molecular flexibility index (Phi) is 4.80. The van der Waals surface area contributed by atoms with Crippen molar-refractivity contribution in [1.82, 2.24) is 15.0 Å². The molecule has 1 N–H and O–H groups in total. The first kappa shape index (κ1) is 16.0. The van der Waals surface area contributed by atoms with Crippen molar-refractivity contribution < 1.29 is 14.6 Å². The van der Waals surface area contributed by atoms with Crippen LogP contribution in [0.25, 0.3) is 5.69 Å².